The number of benzene rings is 2. The molecule has 2 amide bonds. The Balaban J connectivity index is 1.06. The molecule has 0 bridgehead atoms. The monoisotopic (exact) mass is 774 g/mol. The first kappa shape index (κ1) is 39.7. The first-order valence-corrected chi connectivity index (χ1v) is 19.7. The van der Waals surface area contributed by atoms with Gasteiger partial charge in [-0.3, -0.25) is 39.4 Å². The van der Waals surface area contributed by atoms with Gasteiger partial charge in [0.1, 0.15) is 23.0 Å². The highest BCUT2D eigenvalue weighted by Gasteiger charge is 2.34. The topological polar surface area (TPSA) is 194 Å². The van der Waals surface area contributed by atoms with Gasteiger partial charge in [-0.25, -0.2) is 0 Å². The normalized spacial score (nSPS) is 18.1. The lowest BCUT2D eigenvalue weighted by Crippen LogP contribution is -2.52. The second-order valence-electron chi connectivity index (χ2n) is 15.9. The fourth-order valence-electron chi connectivity index (χ4n) is 7.74. The number of carboxylic acids is 2. The quantitative estimate of drug-likeness (QED) is 0.0785. The second kappa shape index (κ2) is 16.5. The van der Waals surface area contributed by atoms with Crippen LogP contribution >= 0.6 is 0 Å². The molecule has 3 aliphatic rings. The Morgan fingerprint density at radius 3 is 1.79 bits per heavy atom. The summed E-state index contributed by atoms with van der Waals surface area (Å²) in [6.45, 7) is 6.14. The summed E-state index contributed by atoms with van der Waals surface area (Å²) in [6.07, 6.45) is 9.85. The number of piperidine rings is 1. The number of carbonyl (C=O) groups is 4. The number of pyridine rings is 2. The molecule has 2 aliphatic carbocycles. The van der Waals surface area contributed by atoms with Crippen LogP contribution in [-0.2, 0) is 22.7 Å². The second-order valence-corrected chi connectivity index (χ2v) is 15.9. The molecule has 13 nitrogen and oxygen atoms in total. The average Bonchev–Trinajstić information content (AvgIpc) is 4.14. The predicted molar refractivity (Wildman–Crippen MR) is 215 cm³/mol. The zero-order valence-corrected chi connectivity index (χ0v) is 32.6. The van der Waals surface area contributed by atoms with Crippen LogP contribution in [0.25, 0.3) is 11.1 Å². The van der Waals surface area contributed by atoms with Gasteiger partial charge in [0.15, 0.2) is 0 Å². The lowest BCUT2D eigenvalue weighted by Gasteiger charge is -2.33. The number of carboxylic acid groups (broad SMARTS) is 2. The van der Waals surface area contributed by atoms with Crippen molar-refractivity contribution in [3.63, 3.8) is 0 Å². The van der Waals surface area contributed by atoms with Crippen LogP contribution in [0.2, 0.25) is 0 Å². The molecule has 0 unspecified atom stereocenters. The molecule has 2 aromatic heterocycles. The molecule has 13 heteroatoms. The van der Waals surface area contributed by atoms with Gasteiger partial charge in [0.25, 0.3) is 11.8 Å². The molecule has 3 fully saturated rings. The minimum atomic E-state index is -1.50. The number of hydrogen-bond acceptors (Lipinski definition) is 9. The van der Waals surface area contributed by atoms with Crippen LogP contribution in [0.5, 0.6) is 0 Å². The molecule has 298 valence electrons. The van der Waals surface area contributed by atoms with Gasteiger partial charge in [-0.15, -0.1) is 0 Å². The van der Waals surface area contributed by atoms with Crippen molar-refractivity contribution in [1.82, 2.24) is 20.2 Å². The Hall–Kier alpha value is -5.50. The number of likely N-dealkylation sites (tertiary alicyclic amines) is 1. The number of aliphatic hydroxyl groups is 1. The number of aliphatic hydroxyl groups excluding tert-OH is 1. The van der Waals surface area contributed by atoms with Gasteiger partial charge in [-0.2, -0.15) is 0 Å². The van der Waals surface area contributed by atoms with Gasteiger partial charge in [-0.1, -0.05) is 30.7 Å². The largest absolute Gasteiger partial charge is 0.480 e. The van der Waals surface area contributed by atoms with E-state index in [1.165, 1.54) is 6.92 Å². The Morgan fingerprint density at radius 1 is 0.772 bits per heavy atom. The van der Waals surface area contributed by atoms with Crippen LogP contribution in [0, 0.1) is 13.8 Å². The van der Waals surface area contributed by atoms with Crippen LogP contribution in [0.15, 0.2) is 60.9 Å². The third-order valence-corrected chi connectivity index (χ3v) is 11.7. The van der Waals surface area contributed by atoms with Gasteiger partial charge >= 0.3 is 11.9 Å². The molecule has 57 heavy (non-hydrogen) atoms. The van der Waals surface area contributed by atoms with Crippen LogP contribution in [0.4, 0.5) is 11.4 Å². The number of amides is 2. The predicted octanol–water partition coefficient (Wildman–Crippen LogP) is 6.38. The number of carbonyl (C=O) groups excluding carboxylic acids is 2. The zero-order valence-electron chi connectivity index (χ0n) is 32.6. The molecule has 7 rings (SSSR count). The molecule has 4 aromatic rings. The average molecular weight is 775 g/mol. The van der Waals surface area contributed by atoms with E-state index in [1.54, 1.807) is 18.5 Å². The van der Waals surface area contributed by atoms with Crippen molar-refractivity contribution >= 4 is 35.1 Å². The van der Waals surface area contributed by atoms with Gasteiger partial charge < -0.3 is 26.0 Å². The fraction of sp³-hybridized carbons (Fsp3) is 0.409. The minimum absolute atomic E-state index is 0.184. The molecule has 2 atom stereocenters. The Bertz CT molecular complexity index is 2220. The maximum absolute atomic E-state index is 13.7. The van der Waals surface area contributed by atoms with E-state index in [4.69, 9.17) is 0 Å². The summed E-state index contributed by atoms with van der Waals surface area (Å²) >= 11 is 0. The molecule has 2 saturated carbocycles. The number of rotatable bonds is 15. The third kappa shape index (κ3) is 8.75. The summed E-state index contributed by atoms with van der Waals surface area (Å²) in [5, 5.41) is 38.0. The molecular formula is C44H50N6O7. The van der Waals surface area contributed by atoms with E-state index >= 15 is 0 Å². The maximum atomic E-state index is 13.7. The summed E-state index contributed by atoms with van der Waals surface area (Å²) < 4.78 is 0. The van der Waals surface area contributed by atoms with E-state index in [0.29, 0.717) is 36.0 Å². The van der Waals surface area contributed by atoms with E-state index in [9.17, 15) is 34.5 Å². The number of anilines is 2. The highest BCUT2D eigenvalue weighted by atomic mass is 16.4. The number of hydrogen-bond donors (Lipinski definition) is 6. The van der Waals surface area contributed by atoms with E-state index < -0.39 is 30.1 Å². The van der Waals surface area contributed by atoms with Gasteiger partial charge in [0.2, 0.25) is 0 Å². The Kier molecular flexibility index (Phi) is 11.5. The molecule has 3 heterocycles. The number of nitrogens with one attached hydrogen (secondary N) is 3. The van der Waals surface area contributed by atoms with E-state index in [1.807, 2.05) is 61.2 Å². The lowest BCUT2D eigenvalue weighted by molar-refractivity contribution is -0.146. The lowest BCUT2D eigenvalue weighted by atomic mass is 9.94. The van der Waals surface area contributed by atoms with Crippen molar-refractivity contribution < 1.29 is 34.5 Å². The molecule has 0 radical (unpaired) electrons. The van der Waals surface area contributed by atoms with Crippen molar-refractivity contribution in [2.75, 3.05) is 23.8 Å². The van der Waals surface area contributed by atoms with E-state index in [0.717, 1.165) is 89.6 Å². The fourth-order valence-corrected chi connectivity index (χ4v) is 7.74. The van der Waals surface area contributed by atoms with Crippen molar-refractivity contribution in [3.8, 4) is 11.1 Å². The number of nitrogens with zero attached hydrogens (tertiary/aromatic N) is 3. The van der Waals surface area contributed by atoms with Gasteiger partial charge in [0.05, 0.1) is 6.61 Å². The first-order chi connectivity index (χ1) is 27.4. The summed E-state index contributed by atoms with van der Waals surface area (Å²) in [5.41, 5.74) is 7.54. The zero-order chi connectivity index (χ0) is 40.4. The summed E-state index contributed by atoms with van der Waals surface area (Å²) in [6, 6.07) is 14.5. The third-order valence-electron chi connectivity index (χ3n) is 11.7. The van der Waals surface area contributed by atoms with Crippen molar-refractivity contribution in [1.29, 1.82) is 0 Å². The SMILES string of the molecule is Cc1c(NC(=O)c2cc(C3CC3)c(CN[C@@](C)(CO)C(=O)O)cn2)cccc1-c1cccc(NC(=O)c2cc(C3CC3)c(CN3CCCC[C@H]3C(=O)O)cn2)c1C. The smallest absolute Gasteiger partial charge is 0.326 e. The summed E-state index contributed by atoms with van der Waals surface area (Å²) in [4.78, 5) is 61.9. The number of aliphatic carboxylic acids is 2. The highest BCUT2D eigenvalue weighted by Crippen LogP contribution is 2.43. The highest BCUT2D eigenvalue weighted by molar-refractivity contribution is 6.05. The first-order valence-electron chi connectivity index (χ1n) is 19.7. The van der Waals surface area contributed by atoms with Crippen molar-refractivity contribution in [2.45, 2.75) is 102 Å². The van der Waals surface area contributed by atoms with Gasteiger partial charge in [0, 0.05) is 36.9 Å². The van der Waals surface area contributed by atoms with E-state index in [2.05, 4.69) is 25.9 Å². The molecule has 1 aliphatic heterocycles. The minimum Gasteiger partial charge on any atom is -0.480 e. The Labute approximate surface area is 331 Å². The van der Waals surface area contributed by atoms with Crippen LogP contribution in [-0.4, -0.2) is 78.7 Å². The maximum Gasteiger partial charge on any atom is 0.326 e. The van der Waals surface area contributed by atoms with Crippen molar-refractivity contribution in [3.05, 3.63) is 106 Å². The van der Waals surface area contributed by atoms with Crippen LogP contribution < -0.4 is 16.0 Å². The van der Waals surface area contributed by atoms with Crippen molar-refractivity contribution in [2.24, 2.45) is 0 Å². The molecular weight excluding hydrogens is 725 g/mol. The standard InChI is InChI=1S/C44H50N6O7/c1-25-31(8-6-10-35(25)48-40(52)37-18-33(27-13-14-27)29(20-45-37)22-47-44(3,24-51)43(56)57)32-9-7-11-36(26(32)2)49-41(53)38-19-34(28-15-16-28)30(21-46-38)23-50-17-5-4-12-39(50)42(54)55/h6-11,18-21,27-28,39,47,51H,4-5,12-17,22-24H2,1-3H3,(H,48,52)(H,49,53)(H,54,55)(H,56,57)/t39-,44-/m0/s1. The molecule has 2 aromatic carbocycles. The summed E-state index contributed by atoms with van der Waals surface area (Å²) in [7, 11) is 0. The molecule has 6 N–H and O–H groups in total. The molecule has 1 saturated heterocycles. The van der Waals surface area contributed by atoms with Crippen LogP contribution in [0.3, 0.4) is 0 Å². The number of aromatic nitrogens is 2. The van der Waals surface area contributed by atoms with Crippen LogP contribution in [0.1, 0.15) is 118 Å². The summed E-state index contributed by atoms with van der Waals surface area (Å²) in [5.74, 6) is -2.05. The molecule has 0 spiro atoms. The Morgan fingerprint density at radius 2 is 1.30 bits per heavy atom. The van der Waals surface area contributed by atoms with E-state index in [-0.39, 0.29) is 30.0 Å². The van der Waals surface area contributed by atoms with Gasteiger partial charge in [-0.05, 0) is 146 Å².